The number of carbonyl (C=O) groups excluding carboxylic acids is 2. The van der Waals surface area contributed by atoms with E-state index in [0.29, 0.717) is 17.2 Å². The molecule has 0 spiro atoms. The van der Waals surface area contributed by atoms with Crippen molar-refractivity contribution in [3.05, 3.63) is 65.4 Å². The Hall–Kier alpha value is -4.30. The number of ether oxygens (including phenoxy) is 3. The average molecular weight is 377 g/mol. The number of rotatable bonds is 6. The van der Waals surface area contributed by atoms with Crippen molar-refractivity contribution in [1.29, 1.82) is 10.5 Å². The summed E-state index contributed by atoms with van der Waals surface area (Å²) in [6, 6.07) is 14.9. The van der Waals surface area contributed by atoms with Crippen molar-refractivity contribution in [3.8, 4) is 23.6 Å². The Kier molecular flexibility index (Phi) is 6.73. The van der Waals surface area contributed by atoms with Gasteiger partial charge in [-0.3, -0.25) is 0 Å². The third-order valence-corrected chi connectivity index (χ3v) is 3.47. The molecule has 0 aliphatic rings. The first-order valence-corrected chi connectivity index (χ1v) is 7.88. The molecule has 2 aromatic carbocycles. The Bertz CT molecular complexity index is 998. The maximum Gasteiger partial charge on any atom is 0.354 e. The number of carbonyl (C=O) groups is 2. The molecule has 0 bridgehead atoms. The van der Waals surface area contributed by atoms with Gasteiger partial charge in [0.15, 0.2) is 0 Å². The molecule has 0 atom stereocenters. The van der Waals surface area contributed by atoms with Crippen LogP contribution < -0.4 is 10.1 Å². The smallest absolute Gasteiger partial charge is 0.354 e. The molecule has 8 nitrogen and oxygen atoms in total. The van der Waals surface area contributed by atoms with Crippen molar-refractivity contribution in [2.24, 2.45) is 0 Å². The van der Waals surface area contributed by atoms with E-state index in [-0.39, 0.29) is 16.8 Å². The highest BCUT2D eigenvalue weighted by Crippen LogP contribution is 2.25. The molecule has 0 radical (unpaired) electrons. The van der Waals surface area contributed by atoms with E-state index in [0.717, 1.165) is 6.08 Å². The molecule has 0 aromatic heterocycles. The van der Waals surface area contributed by atoms with Crippen LogP contribution in [0.5, 0.6) is 11.5 Å². The molecule has 0 saturated heterocycles. The number of nitrogens with zero attached hydrogens (tertiary/aromatic N) is 2. The number of methoxy groups -OCH3 is 2. The Labute approximate surface area is 161 Å². The first-order valence-electron chi connectivity index (χ1n) is 7.88. The lowest BCUT2D eigenvalue weighted by Crippen LogP contribution is -2.15. The summed E-state index contributed by atoms with van der Waals surface area (Å²) in [5.41, 5.74) is 0.898. The van der Waals surface area contributed by atoms with E-state index in [1.807, 2.05) is 12.1 Å². The summed E-state index contributed by atoms with van der Waals surface area (Å²) in [5.74, 6) is -0.567. The number of hydrogen-bond donors (Lipinski definition) is 1. The molecule has 0 aliphatic heterocycles. The summed E-state index contributed by atoms with van der Waals surface area (Å²) in [5, 5.41) is 20.8. The maximum absolute atomic E-state index is 11.8. The van der Waals surface area contributed by atoms with E-state index in [2.05, 4.69) is 14.8 Å². The van der Waals surface area contributed by atoms with Gasteiger partial charge >= 0.3 is 11.9 Å². The topological polar surface area (TPSA) is 121 Å². The molecule has 0 saturated carbocycles. The molecule has 1 N–H and O–H groups in total. The molecular formula is C20H15N3O5. The molecule has 0 amide bonds. The van der Waals surface area contributed by atoms with Crippen LogP contribution in [0.15, 0.2) is 54.2 Å². The summed E-state index contributed by atoms with van der Waals surface area (Å²) < 4.78 is 14.8. The van der Waals surface area contributed by atoms with Crippen LogP contribution in [-0.2, 0) is 19.1 Å². The number of nitriles is 2. The van der Waals surface area contributed by atoms with Gasteiger partial charge in [-0.05, 0) is 42.5 Å². The summed E-state index contributed by atoms with van der Waals surface area (Å²) in [4.78, 5) is 23.1. The fourth-order valence-corrected chi connectivity index (χ4v) is 2.11. The van der Waals surface area contributed by atoms with Crippen molar-refractivity contribution in [2.75, 3.05) is 19.5 Å². The normalized spacial score (nSPS) is 10.2. The number of esters is 2. The molecule has 2 aromatic rings. The van der Waals surface area contributed by atoms with Crippen LogP contribution in [0.25, 0.3) is 0 Å². The predicted molar refractivity (Wildman–Crippen MR) is 98.1 cm³/mol. The Morgan fingerprint density at radius 2 is 1.57 bits per heavy atom. The highest BCUT2D eigenvalue weighted by molar-refractivity contribution is 5.98. The van der Waals surface area contributed by atoms with Crippen molar-refractivity contribution in [2.45, 2.75) is 0 Å². The van der Waals surface area contributed by atoms with Crippen LogP contribution in [0.3, 0.4) is 0 Å². The molecular weight excluding hydrogens is 362 g/mol. The summed E-state index contributed by atoms with van der Waals surface area (Å²) in [7, 11) is 2.39. The maximum atomic E-state index is 11.8. The fourth-order valence-electron chi connectivity index (χ4n) is 2.11. The van der Waals surface area contributed by atoms with Gasteiger partial charge in [0.25, 0.3) is 0 Å². The van der Waals surface area contributed by atoms with Crippen LogP contribution >= 0.6 is 0 Å². The molecule has 8 heteroatoms. The molecule has 0 unspecified atom stereocenters. The van der Waals surface area contributed by atoms with E-state index in [1.54, 1.807) is 30.3 Å². The zero-order valence-electron chi connectivity index (χ0n) is 15.1. The zero-order valence-corrected chi connectivity index (χ0v) is 15.1. The van der Waals surface area contributed by atoms with Gasteiger partial charge in [-0.15, -0.1) is 0 Å². The predicted octanol–water partition coefficient (Wildman–Crippen LogP) is 2.86. The van der Waals surface area contributed by atoms with Crippen LogP contribution in [0, 0.1) is 22.7 Å². The highest BCUT2D eigenvalue weighted by Gasteiger charge is 2.13. The second-order valence-electron chi connectivity index (χ2n) is 5.26. The molecule has 2 rings (SSSR count). The summed E-state index contributed by atoms with van der Waals surface area (Å²) >= 11 is 0. The summed E-state index contributed by atoms with van der Waals surface area (Å²) in [6.45, 7) is 0. The minimum absolute atomic E-state index is 0.0891. The molecule has 0 heterocycles. The van der Waals surface area contributed by atoms with Crippen molar-refractivity contribution in [3.63, 3.8) is 0 Å². The standard InChI is InChI=1S/C20H15N3O5/c1-26-19(24)10-18(20(25)27-2)23-15-4-7-16(8-5-15)28-17-6-3-13(11-21)14(9-17)12-22/h3-10,23H,1-2H3/b18-10+. The zero-order chi connectivity index (χ0) is 20.5. The quantitative estimate of drug-likeness (QED) is 0.602. The molecule has 28 heavy (non-hydrogen) atoms. The van der Waals surface area contributed by atoms with E-state index in [9.17, 15) is 9.59 Å². The number of nitrogens with one attached hydrogen (secondary N) is 1. The van der Waals surface area contributed by atoms with Crippen LogP contribution in [0.1, 0.15) is 11.1 Å². The van der Waals surface area contributed by atoms with Gasteiger partial charge < -0.3 is 19.5 Å². The van der Waals surface area contributed by atoms with E-state index >= 15 is 0 Å². The van der Waals surface area contributed by atoms with Crippen molar-refractivity contribution >= 4 is 17.6 Å². The number of hydrogen-bond acceptors (Lipinski definition) is 8. The lowest BCUT2D eigenvalue weighted by atomic mass is 10.1. The van der Waals surface area contributed by atoms with Gasteiger partial charge in [0, 0.05) is 5.69 Å². The van der Waals surface area contributed by atoms with Gasteiger partial charge in [0.2, 0.25) is 0 Å². The minimum Gasteiger partial charge on any atom is -0.466 e. The van der Waals surface area contributed by atoms with Crippen LogP contribution in [0.2, 0.25) is 0 Å². The number of benzene rings is 2. The van der Waals surface area contributed by atoms with Gasteiger partial charge in [0.05, 0.1) is 31.4 Å². The first-order chi connectivity index (χ1) is 13.5. The Morgan fingerprint density at radius 3 is 2.14 bits per heavy atom. The molecule has 0 aliphatic carbocycles. The van der Waals surface area contributed by atoms with E-state index in [1.165, 1.54) is 26.4 Å². The van der Waals surface area contributed by atoms with Gasteiger partial charge in [-0.2, -0.15) is 10.5 Å². The average Bonchev–Trinajstić information content (AvgIpc) is 2.73. The molecule has 0 fully saturated rings. The minimum atomic E-state index is -0.729. The number of anilines is 1. The van der Waals surface area contributed by atoms with Gasteiger partial charge in [-0.25, -0.2) is 9.59 Å². The SMILES string of the molecule is COC(=O)/C=C(/Nc1ccc(Oc2ccc(C#N)c(C#N)c2)cc1)C(=O)OC. The van der Waals surface area contributed by atoms with Gasteiger partial charge in [0.1, 0.15) is 29.3 Å². The van der Waals surface area contributed by atoms with E-state index in [4.69, 9.17) is 15.3 Å². The monoisotopic (exact) mass is 377 g/mol. The Morgan fingerprint density at radius 1 is 0.929 bits per heavy atom. The second-order valence-corrected chi connectivity index (χ2v) is 5.26. The molecule has 140 valence electrons. The summed E-state index contributed by atoms with van der Waals surface area (Å²) in [6.07, 6.45) is 0.983. The fraction of sp³-hybridized carbons (Fsp3) is 0.100. The van der Waals surface area contributed by atoms with Gasteiger partial charge in [-0.1, -0.05) is 0 Å². The lowest BCUT2D eigenvalue weighted by Gasteiger charge is -2.10. The van der Waals surface area contributed by atoms with Crippen LogP contribution in [-0.4, -0.2) is 26.2 Å². The highest BCUT2D eigenvalue weighted by atomic mass is 16.5. The van der Waals surface area contributed by atoms with E-state index < -0.39 is 11.9 Å². The third-order valence-electron chi connectivity index (χ3n) is 3.47. The van der Waals surface area contributed by atoms with Crippen molar-refractivity contribution < 1.29 is 23.8 Å². The Balaban J connectivity index is 2.16. The van der Waals surface area contributed by atoms with Crippen LogP contribution in [0.4, 0.5) is 5.69 Å². The first kappa shape index (κ1) is 20.0. The third kappa shape index (κ3) is 5.10. The second kappa shape index (κ2) is 9.41. The largest absolute Gasteiger partial charge is 0.466 e. The van der Waals surface area contributed by atoms with Crippen molar-refractivity contribution in [1.82, 2.24) is 0 Å². The lowest BCUT2D eigenvalue weighted by molar-refractivity contribution is -0.138.